The summed E-state index contributed by atoms with van der Waals surface area (Å²) in [5, 5.41) is 0. The van der Waals surface area contributed by atoms with Crippen molar-refractivity contribution in [1.29, 1.82) is 0 Å². The van der Waals surface area contributed by atoms with Crippen LogP contribution in [0.5, 0.6) is 28.7 Å². The molecule has 0 saturated carbocycles. The summed E-state index contributed by atoms with van der Waals surface area (Å²) in [6, 6.07) is 14.7. The third kappa shape index (κ3) is 4.09. The normalized spacial score (nSPS) is 17.7. The summed E-state index contributed by atoms with van der Waals surface area (Å²) < 4.78 is 30.8. The average molecular weight is 451 g/mol. The molecule has 0 aliphatic carbocycles. The third-order valence-corrected chi connectivity index (χ3v) is 6.35. The number of aromatic nitrogens is 1. The van der Waals surface area contributed by atoms with Crippen LogP contribution in [0.4, 0.5) is 0 Å². The molecule has 5 rings (SSSR count). The van der Waals surface area contributed by atoms with Gasteiger partial charge in [0.2, 0.25) is 5.75 Å². The van der Waals surface area contributed by atoms with Gasteiger partial charge in [-0.1, -0.05) is 6.07 Å². The van der Waals surface area contributed by atoms with E-state index in [1.54, 1.807) is 21.3 Å². The summed E-state index contributed by atoms with van der Waals surface area (Å²) in [5.74, 6) is 3.56. The molecule has 0 spiro atoms. The number of hydrogen-bond donors (Lipinski definition) is 0. The van der Waals surface area contributed by atoms with E-state index in [0.29, 0.717) is 30.5 Å². The van der Waals surface area contributed by atoms with E-state index >= 15 is 0 Å². The number of methoxy groups -OCH3 is 3. The van der Waals surface area contributed by atoms with Gasteiger partial charge in [-0.15, -0.1) is 0 Å². The minimum absolute atomic E-state index is 0.0319. The van der Waals surface area contributed by atoms with Crippen molar-refractivity contribution < 1.29 is 23.7 Å². The van der Waals surface area contributed by atoms with Gasteiger partial charge in [-0.25, -0.2) is 0 Å². The second-order valence-corrected chi connectivity index (χ2v) is 8.29. The lowest BCUT2D eigenvalue weighted by molar-refractivity contribution is 0.170. The van der Waals surface area contributed by atoms with Crippen LogP contribution >= 0.6 is 0 Å². The van der Waals surface area contributed by atoms with Crippen molar-refractivity contribution in [1.82, 2.24) is 9.47 Å². The summed E-state index contributed by atoms with van der Waals surface area (Å²) in [6.45, 7) is 3.90. The molecule has 33 heavy (non-hydrogen) atoms. The Bertz CT molecular complexity index is 1100. The van der Waals surface area contributed by atoms with Gasteiger partial charge >= 0.3 is 0 Å². The molecule has 1 atom stereocenters. The molecule has 3 heterocycles. The minimum atomic E-state index is 0.0319. The highest BCUT2D eigenvalue weighted by atomic mass is 16.6. The smallest absolute Gasteiger partial charge is 0.203 e. The molecular weight excluding hydrogens is 420 g/mol. The van der Waals surface area contributed by atoms with Crippen LogP contribution in [0.1, 0.15) is 29.3 Å². The Hall–Kier alpha value is -3.32. The Morgan fingerprint density at radius 2 is 1.64 bits per heavy atom. The van der Waals surface area contributed by atoms with E-state index in [0.717, 1.165) is 43.1 Å². The van der Waals surface area contributed by atoms with Crippen molar-refractivity contribution in [3.8, 4) is 28.7 Å². The van der Waals surface area contributed by atoms with Gasteiger partial charge in [0.1, 0.15) is 13.2 Å². The standard InChI is InChI=1S/C26H30N2O5/c1-29-23-15-19(16-24(30-2)26(23)31-3)25-20-6-4-9-27(20)10-5-11-28(25)17-18-7-8-21-22(14-18)33-13-12-32-21/h4,6-9,14-16,25H,5,10-13,17H2,1-3H3. The lowest BCUT2D eigenvalue weighted by atomic mass is 9.99. The average Bonchev–Trinajstić information content (AvgIpc) is 3.24. The van der Waals surface area contributed by atoms with E-state index in [4.69, 9.17) is 23.7 Å². The Morgan fingerprint density at radius 1 is 0.879 bits per heavy atom. The topological polar surface area (TPSA) is 54.3 Å². The van der Waals surface area contributed by atoms with Crippen molar-refractivity contribution in [2.24, 2.45) is 0 Å². The maximum atomic E-state index is 5.82. The number of nitrogens with zero attached hydrogens (tertiary/aromatic N) is 2. The molecule has 0 saturated heterocycles. The first kappa shape index (κ1) is 21.5. The van der Waals surface area contributed by atoms with Crippen LogP contribution in [0.2, 0.25) is 0 Å². The van der Waals surface area contributed by atoms with Gasteiger partial charge in [0.15, 0.2) is 23.0 Å². The number of ether oxygens (including phenoxy) is 5. The molecule has 0 N–H and O–H groups in total. The van der Waals surface area contributed by atoms with Gasteiger partial charge < -0.3 is 28.3 Å². The highest BCUT2D eigenvalue weighted by molar-refractivity contribution is 5.55. The number of aryl methyl sites for hydroxylation is 1. The monoisotopic (exact) mass is 450 g/mol. The molecule has 0 amide bonds. The van der Waals surface area contributed by atoms with E-state index in [2.05, 4.69) is 52.1 Å². The highest BCUT2D eigenvalue weighted by Crippen LogP contribution is 2.43. The molecule has 174 valence electrons. The molecular formula is C26H30N2O5. The molecule has 7 heteroatoms. The number of rotatable bonds is 6. The van der Waals surface area contributed by atoms with Crippen LogP contribution in [-0.4, -0.2) is 50.6 Å². The van der Waals surface area contributed by atoms with Crippen molar-refractivity contribution in [2.45, 2.75) is 25.6 Å². The van der Waals surface area contributed by atoms with E-state index in [1.165, 1.54) is 11.3 Å². The second-order valence-electron chi connectivity index (χ2n) is 8.29. The summed E-state index contributed by atoms with van der Waals surface area (Å²) in [6.07, 6.45) is 3.22. The summed E-state index contributed by atoms with van der Waals surface area (Å²) in [4.78, 5) is 2.50. The lowest BCUT2D eigenvalue weighted by Gasteiger charge is -2.31. The zero-order valence-electron chi connectivity index (χ0n) is 19.4. The van der Waals surface area contributed by atoms with Crippen molar-refractivity contribution in [3.05, 3.63) is 65.5 Å². The maximum absolute atomic E-state index is 5.82. The molecule has 3 aromatic rings. The van der Waals surface area contributed by atoms with E-state index < -0.39 is 0 Å². The Balaban J connectivity index is 1.56. The Labute approximate surface area is 194 Å². The maximum Gasteiger partial charge on any atom is 0.203 e. The SMILES string of the molecule is COc1cc(C2c3cccn3CCCN2Cc2ccc3c(c2)OCCO3)cc(OC)c1OC. The van der Waals surface area contributed by atoms with Crippen molar-refractivity contribution in [2.75, 3.05) is 41.1 Å². The van der Waals surface area contributed by atoms with E-state index in [1.807, 2.05) is 6.07 Å². The zero-order chi connectivity index (χ0) is 22.8. The van der Waals surface area contributed by atoms with Crippen LogP contribution in [0.15, 0.2) is 48.7 Å². The number of hydrogen-bond acceptors (Lipinski definition) is 6. The van der Waals surface area contributed by atoms with Gasteiger partial charge in [0, 0.05) is 31.5 Å². The van der Waals surface area contributed by atoms with Crippen LogP contribution in [-0.2, 0) is 13.1 Å². The van der Waals surface area contributed by atoms with Crippen molar-refractivity contribution in [3.63, 3.8) is 0 Å². The van der Waals surface area contributed by atoms with Crippen LogP contribution < -0.4 is 23.7 Å². The van der Waals surface area contributed by atoms with Gasteiger partial charge in [-0.3, -0.25) is 4.90 Å². The third-order valence-electron chi connectivity index (χ3n) is 6.35. The zero-order valence-corrected chi connectivity index (χ0v) is 19.4. The quantitative estimate of drug-likeness (QED) is 0.559. The molecule has 2 aromatic carbocycles. The van der Waals surface area contributed by atoms with Gasteiger partial charge in [-0.05, 0) is 53.9 Å². The molecule has 2 aliphatic heterocycles. The minimum Gasteiger partial charge on any atom is -0.493 e. The first-order chi connectivity index (χ1) is 16.2. The highest BCUT2D eigenvalue weighted by Gasteiger charge is 2.30. The molecule has 1 aromatic heterocycles. The molecule has 1 unspecified atom stereocenters. The Kier molecular flexibility index (Phi) is 6.05. The number of fused-ring (bicyclic) bond motifs is 2. The first-order valence-corrected chi connectivity index (χ1v) is 11.3. The predicted molar refractivity (Wildman–Crippen MR) is 125 cm³/mol. The molecule has 0 bridgehead atoms. The van der Waals surface area contributed by atoms with Crippen molar-refractivity contribution >= 4 is 0 Å². The fourth-order valence-corrected chi connectivity index (χ4v) is 4.87. The number of benzene rings is 2. The fraction of sp³-hybridized carbons (Fsp3) is 0.385. The van der Waals surface area contributed by atoms with Gasteiger partial charge in [0.05, 0.1) is 27.4 Å². The largest absolute Gasteiger partial charge is 0.493 e. The van der Waals surface area contributed by atoms with E-state index in [-0.39, 0.29) is 6.04 Å². The van der Waals surface area contributed by atoms with E-state index in [9.17, 15) is 0 Å². The molecule has 0 radical (unpaired) electrons. The van der Waals surface area contributed by atoms with Crippen LogP contribution in [0.3, 0.4) is 0 Å². The fourth-order valence-electron chi connectivity index (χ4n) is 4.87. The summed E-state index contributed by atoms with van der Waals surface area (Å²) in [7, 11) is 4.94. The second kappa shape index (κ2) is 9.27. The summed E-state index contributed by atoms with van der Waals surface area (Å²) >= 11 is 0. The first-order valence-electron chi connectivity index (χ1n) is 11.3. The molecule has 0 fully saturated rings. The summed E-state index contributed by atoms with van der Waals surface area (Å²) in [5.41, 5.74) is 3.54. The predicted octanol–water partition coefficient (Wildman–Crippen LogP) is 4.28. The van der Waals surface area contributed by atoms with Gasteiger partial charge in [-0.2, -0.15) is 0 Å². The Morgan fingerprint density at radius 3 is 2.36 bits per heavy atom. The lowest BCUT2D eigenvalue weighted by Crippen LogP contribution is -2.29. The molecule has 2 aliphatic rings. The van der Waals surface area contributed by atoms with Gasteiger partial charge in [0.25, 0.3) is 0 Å². The van der Waals surface area contributed by atoms with Crippen LogP contribution in [0.25, 0.3) is 0 Å². The molecule has 7 nitrogen and oxygen atoms in total. The van der Waals surface area contributed by atoms with Crippen LogP contribution in [0, 0.1) is 0 Å².